The Labute approximate surface area is 116 Å². The third kappa shape index (κ3) is 2.05. The van der Waals surface area contributed by atoms with Gasteiger partial charge in [0, 0.05) is 12.6 Å². The highest BCUT2D eigenvalue weighted by Gasteiger charge is 2.12. The predicted octanol–water partition coefficient (Wildman–Crippen LogP) is 2.55. The Morgan fingerprint density at radius 1 is 1.00 bits per heavy atom. The molecule has 100 valence electrons. The molecular formula is C16H15N3O. The van der Waals surface area contributed by atoms with E-state index in [1.165, 1.54) is 4.68 Å². The molecule has 3 rings (SSSR count). The van der Waals surface area contributed by atoms with Crippen LogP contribution in [0.5, 0.6) is 0 Å². The molecule has 0 atom stereocenters. The average molecular weight is 265 g/mol. The molecule has 3 aromatic rings. The minimum absolute atomic E-state index is 0.144. The minimum Gasteiger partial charge on any atom is -0.278 e. The third-order valence-corrected chi connectivity index (χ3v) is 3.26. The molecule has 0 amide bonds. The quantitative estimate of drug-likeness (QED) is 0.714. The maximum Gasteiger partial charge on any atom is 0.350 e. The van der Waals surface area contributed by atoms with Crippen molar-refractivity contribution in [1.82, 2.24) is 14.3 Å². The summed E-state index contributed by atoms with van der Waals surface area (Å²) in [5.41, 5.74) is 2.67. The van der Waals surface area contributed by atoms with Gasteiger partial charge in [0.15, 0.2) is 5.82 Å². The van der Waals surface area contributed by atoms with Crippen LogP contribution < -0.4 is 5.69 Å². The van der Waals surface area contributed by atoms with Gasteiger partial charge in [-0.15, -0.1) is 5.10 Å². The first-order valence-electron chi connectivity index (χ1n) is 6.45. The Bertz CT molecular complexity index is 800. The molecule has 0 unspecified atom stereocenters. The lowest BCUT2D eigenvalue weighted by atomic mass is 10.2. The molecule has 0 radical (unpaired) electrons. The first-order valence-corrected chi connectivity index (χ1v) is 6.45. The fourth-order valence-corrected chi connectivity index (χ4v) is 2.20. The van der Waals surface area contributed by atoms with Gasteiger partial charge in [-0.25, -0.2) is 4.79 Å². The van der Waals surface area contributed by atoms with Crippen LogP contribution in [0.15, 0.2) is 59.4 Å². The molecule has 0 spiro atoms. The average Bonchev–Trinajstić information content (AvgIpc) is 2.76. The van der Waals surface area contributed by atoms with Crippen molar-refractivity contribution < 1.29 is 0 Å². The second-order valence-electron chi connectivity index (χ2n) is 4.78. The molecule has 20 heavy (non-hydrogen) atoms. The normalized spacial score (nSPS) is 10.7. The molecule has 0 N–H and O–H groups in total. The SMILES string of the molecule is Cc1cccc(-n2nc(-c3ccccc3)n(C)c2=O)c1. The van der Waals surface area contributed by atoms with Gasteiger partial charge in [-0.3, -0.25) is 4.57 Å². The van der Waals surface area contributed by atoms with Gasteiger partial charge in [0.2, 0.25) is 0 Å². The largest absolute Gasteiger partial charge is 0.350 e. The van der Waals surface area contributed by atoms with Gasteiger partial charge >= 0.3 is 5.69 Å². The number of benzene rings is 2. The van der Waals surface area contributed by atoms with E-state index in [2.05, 4.69) is 5.10 Å². The maximum atomic E-state index is 12.3. The number of rotatable bonds is 2. The zero-order valence-electron chi connectivity index (χ0n) is 11.4. The fraction of sp³-hybridized carbons (Fsp3) is 0.125. The van der Waals surface area contributed by atoms with Crippen LogP contribution in [0, 0.1) is 6.92 Å². The molecule has 4 nitrogen and oxygen atoms in total. The molecule has 0 aliphatic rings. The van der Waals surface area contributed by atoms with Gasteiger partial charge in [-0.2, -0.15) is 4.68 Å². The van der Waals surface area contributed by atoms with Crippen molar-refractivity contribution in [2.75, 3.05) is 0 Å². The lowest BCUT2D eigenvalue weighted by molar-refractivity contribution is 0.798. The topological polar surface area (TPSA) is 39.8 Å². The lowest BCUT2D eigenvalue weighted by Gasteiger charge is -2.00. The first kappa shape index (κ1) is 12.4. The van der Waals surface area contributed by atoms with Crippen LogP contribution in [0.4, 0.5) is 0 Å². The predicted molar refractivity (Wildman–Crippen MR) is 79.0 cm³/mol. The van der Waals surface area contributed by atoms with E-state index >= 15 is 0 Å². The molecule has 1 heterocycles. The number of aromatic nitrogens is 3. The van der Waals surface area contributed by atoms with Crippen LogP contribution >= 0.6 is 0 Å². The maximum absolute atomic E-state index is 12.3. The lowest BCUT2D eigenvalue weighted by Crippen LogP contribution is -2.21. The number of hydrogen-bond acceptors (Lipinski definition) is 2. The number of hydrogen-bond donors (Lipinski definition) is 0. The Morgan fingerprint density at radius 2 is 1.75 bits per heavy atom. The number of nitrogens with zero attached hydrogens (tertiary/aromatic N) is 3. The molecule has 0 bridgehead atoms. The second-order valence-corrected chi connectivity index (χ2v) is 4.78. The van der Waals surface area contributed by atoms with Crippen LogP contribution in [0.25, 0.3) is 17.1 Å². The summed E-state index contributed by atoms with van der Waals surface area (Å²) in [6.07, 6.45) is 0. The monoisotopic (exact) mass is 265 g/mol. The highest BCUT2D eigenvalue weighted by molar-refractivity contribution is 5.55. The molecule has 0 fully saturated rings. The van der Waals surface area contributed by atoms with Gasteiger partial charge < -0.3 is 0 Å². The van der Waals surface area contributed by atoms with Crippen molar-refractivity contribution in [1.29, 1.82) is 0 Å². The molecule has 0 aliphatic heterocycles. The van der Waals surface area contributed by atoms with E-state index < -0.39 is 0 Å². The standard InChI is InChI=1S/C16H15N3O/c1-12-7-6-10-14(11-12)19-16(20)18(2)15(17-19)13-8-4-3-5-9-13/h3-11H,1-2H3. The molecule has 1 aromatic heterocycles. The summed E-state index contributed by atoms with van der Waals surface area (Å²) >= 11 is 0. The van der Waals surface area contributed by atoms with Crippen LogP contribution in [0.3, 0.4) is 0 Å². The number of aryl methyl sites for hydroxylation is 1. The first-order chi connectivity index (χ1) is 9.66. The van der Waals surface area contributed by atoms with E-state index in [1.807, 2.05) is 61.5 Å². The van der Waals surface area contributed by atoms with Crippen LogP contribution in [0.1, 0.15) is 5.56 Å². The molecule has 0 saturated carbocycles. The van der Waals surface area contributed by atoms with Gasteiger partial charge in [-0.05, 0) is 24.6 Å². The fourth-order valence-electron chi connectivity index (χ4n) is 2.20. The van der Waals surface area contributed by atoms with E-state index in [0.717, 1.165) is 16.8 Å². The van der Waals surface area contributed by atoms with Gasteiger partial charge in [0.25, 0.3) is 0 Å². The Hall–Kier alpha value is -2.62. The Balaban J connectivity index is 2.18. The van der Waals surface area contributed by atoms with Gasteiger partial charge in [-0.1, -0.05) is 42.5 Å². The second kappa shape index (κ2) is 4.81. The van der Waals surface area contributed by atoms with Crippen molar-refractivity contribution >= 4 is 0 Å². The summed E-state index contributed by atoms with van der Waals surface area (Å²) in [5.74, 6) is 0.664. The summed E-state index contributed by atoms with van der Waals surface area (Å²) in [7, 11) is 1.74. The van der Waals surface area contributed by atoms with Gasteiger partial charge in [0.1, 0.15) is 0 Å². The Kier molecular flexibility index (Phi) is 2.99. The molecular weight excluding hydrogens is 250 g/mol. The highest BCUT2D eigenvalue weighted by Crippen LogP contribution is 2.15. The summed E-state index contributed by atoms with van der Waals surface area (Å²) < 4.78 is 3.01. The van der Waals surface area contributed by atoms with E-state index in [4.69, 9.17) is 0 Å². The molecule has 2 aromatic carbocycles. The van der Waals surface area contributed by atoms with Crippen LogP contribution in [-0.4, -0.2) is 14.3 Å². The summed E-state index contributed by atoms with van der Waals surface area (Å²) in [5, 5.41) is 4.46. The van der Waals surface area contributed by atoms with Crippen molar-refractivity contribution in [2.24, 2.45) is 7.05 Å². The zero-order chi connectivity index (χ0) is 14.1. The summed E-state index contributed by atoms with van der Waals surface area (Å²) in [6.45, 7) is 2.00. The highest BCUT2D eigenvalue weighted by atomic mass is 16.2. The molecule has 0 aliphatic carbocycles. The van der Waals surface area contributed by atoms with Crippen molar-refractivity contribution in [2.45, 2.75) is 6.92 Å². The molecule has 0 saturated heterocycles. The van der Waals surface area contributed by atoms with E-state index in [1.54, 1.807) is 11.6 Å². The molecule has 4 heteroatoms. The van der Waals surface area contributed by atoms with Crippen molar-refractivity contribution in [3.8, 4) is 17.1 Å². The summed E-state index contributed by atoms with van der Waals surface area (Å²) in [4.78, 5) is 12.3. The van der Waals surface area contributed by atoms with Crippen LogP contribution in [-0.2, 0) is 7.05 Å². The van der Waals surface area contributed by atoms with Crippen molar-refractivity contribution in [3.05, 3.63) is 70.6 Å². The van der Waals surface area contributed by atoms with E-state index in [0.29, 0.717) is 5.82 Å². The zero-order valence-corrected chi connectivity index (χ0v) is 11.4. The van der Waals surface area contributed by atoms with Crippen molar-refractivity contribution in [3.63, 3.8) is 0 Å². The van der Waals surface area contributed by atoms with Gasteiger partial charge in [0.05, 0.1) is 5.69 Å². The minimum atomic E-state index is -0.144. The third-order valence-electron chi connectivity index (χ3n) is 3.26. The van der Waals surface area contributed by atoms with E-state index in [-0.39, 0.29) is 5.69 Å². The summed E-state index contributed by atoms with van der Waals surface area (Å²) in [6, 6.07) is 17.5. The smallest absolute Gasteiger partial charge is 0.278 e. The van der Waals surface area contributed by atoms with Crippen LogP contribution in [0.2, 0.25) is 0 Å². The Morgan fingerprint density at radius 3 is 2.45 bits per heavy atom. The van der Waals surface area contributed by atoms with E-state index in [9.17, 15) is 4.79 Å².